The first-order valence-electron chi connectivity index (χ1n) is 5.79. The molecular weight excluding hydrogens is 283 g/mol. The van der Waals surface area contributed by atoms with Crippen molar-refractivity contribution in [3.8, 4) is 0 Å². The molecule has 0 radical (unpaired) electrons. The van der Waals surface area contributed by atoms with Crippen LogP contribution in [-0.2, 0) is 5.54 Å². The molecule has 1 atom stereocenters. The van der Waals surface area contributed by atoms with E-state index in [1.807, 2.05) is 6.07 Å². The molecule has 2 nitrogen and oxygen atoms in total. The summed E-state index contributed by atoms with van der Waals surface area (Å²) in [5, 5.41) is 0. The Bertz CT molecular complexity index is 424. The number of hydrogen-bond acceptors (Lipinski definition) is 2. The summed E-state index contributed by atoms with van der Waals surface area (Å²) in [7, 11) is 4.15. The van der Waals surface area contributed by atoms with Crippen molar-refractivity contribution in [2.24, 2.45) is 0 Å². The topological polar surface area (TPSA) is 6.48 Å². The second kappa shape index (κ2) is 4.67. The van der Waals surface area contributed by atoms with Gasteiger partial charge in [-0.3, -0.25) is 4.90 Å². The Hall–Kier alpha value is -0.450. The monoisotopic (exact) mass is 300 g/mol. The minimum absolute atomic E-state index is 0.127. The third kappa shape index (κ3) is 2.39. The molecule has 0 amide bonds. The number of nitrogens with zero attached hydrogens (tertiary/aromatic N) is 2. The van der Waals surface area contributed by atoms with Gasteiger partial charge >= 0.3 is 0 Å². The van der Waals surface area contributed by atoms with Gasteiger partial charge in [-0.05, 0) is 39.2 Å². The first-order valence-corrected chi connectivity index (χ1v) is 6.58. The number of halogens is 2. The van der Waals surface area contributed by atoms with Crippen LogP contribution in [-0.4, -0.2) is 43.5 Å². The SMILES string of the molecule is CN1CCN(C)C(C)(c2cc(Br)ccc2F)C1. The highest BCUT2D eigenvalue weighted by molar-refractivity contribution is 9.10. The van der Waals surface area contributed by atoms with E-state index in [0.29, 0.717) is 0 Å². The maximum Gasteiger partial charge on any atom is 0.128 e. The lowest BCUT2D eigenvalue weighted by atomic mass is 9.87. The molecular formula is C13H18BrFN2. The summed E-state index contributed by atoms with van der Waals surface area (Å²) in [5.74, 6) is -0.127. The fraction of sp³-hybridized carbons (Fsp3) is 0.538. The fourth-order valence-electron chi connectivity index (χ4n) is 2.49. The molecule has 1 heterocycles. The maximum absolute atomic E-state index is 14.0. The lowest BCUT2D eigenvalue weighted by Gasteiger charge is -2.46. The maximum atomic E-state index is 14.0. The molecule has 4 heteroatoms. The van der Waals surface area contributed by atoms with Crippen molar-refractivity contribution in [1.82, 2.24) is 9.80 Å². The van der Waals surface area contributed by atoms with Gasteiger partial charge in [-0.2, -0.15) is 0 Å². The molecule has 1 saturated heterocycles. The largest absolute Gasteiger partial charge is 0.303 e. The Balaban J connectivity index is 2.45. The first-order chi connectivity index (χ1) is 7.93. The minimum atomic E-state index is -0.263. The van der Waals surface area contributed by atoms with Crippen molar-refractivity contribution >= 4 is 15.9 Å². The van der Waals surface area contributed by atoms with E-state index in [9.17, 15) is 4.39 Å². The average molecular weight is 301 g/mol. The lowest BCUT2D eigenvalue weighted by molar-refractivity contribution is 0.0354. The van der Waals surface area contributed by atoms with E-state index in [4.69, 9.17) is 0 Å². The van der Waals surface area contributed by atoms with Crippen LogP contribution >= 0.6 is 15.9 Å². The number of rotatable bonds is 1. The van der Waals surface area contributed by atoms with Crippen molar-refractivity contribution in [3.05, 3.63) is 34.1 Å². The highest BCUT2D eigenvalue weighted by atomic mass is 79.9. The van der Waals surface area contributed by atoms with Crippen molar-refractivity contribution in [2.75, 3.05) is 33.7 Å². The Labute approximate surface area is 111 Å². The zero-order chi connectivity index (χ0) is 12.6. The van der Waals surface area contributed by atoms with Gasteiger partial charge in [0.05, 0.1) is 5.54 Å². The van der Waals surface area contributed by atoms with Crippen LogP contribution in [0.25, 0.3) is 0 Å². The van der Waals surface area contributed by atoms with Gasteiger partial charge in [-0.1, -0.05) is 15.9 Å². The number of hydrogen-bond donors (Lipinski definition) is 0. The van der Waals surface area contributed by atoms with E-state index in [1.54, 1.807) is 6.07 Å². The Morgan fingerprint density at radius 1 is 1.29 bits per heavy atom. The van der Waals surface area contributed by atoms with Gasteiger partial charge in [-0.25, -0.2) is 4.39 Å². The highest BCUT2D eigenvalue weighted by Crippen LogP contribution is 2.33. The van der Waals surface area contributed by atoms with E-state index >= 15 is 0 Å². The summed E-state index contributed by atoms with van der Waals surface area (Å²) in [4.78, 5) is 4.48. The Morgan fingerprint density at radius 3 is 2.71 bits per heavy atom. The van der Waals surface area contributed by atoms with Gasteiger partial charge in [0.2, 0.25) is 0 Å². The molecule has 1 aromatic rings. The molecule has 2 rings (SSSR count). The standard InChI is InChI=1S/C13H18BrFN2/c1-13(9-16(2)6-7-17(13)3)11-8-10(14)4-5-12(11)15/h4-5,8H,6-7,9H2,1-3H3. The van der Waals surface area contributed by atoms with E-state index in [1.165, 1.54) is 6.07 Å². The van der Waals surface area contributed by atoms with Crippen molar-refractivity contribution in [2.45, 2.75) is 12.5 Å². The van der Waals surface area contributed by atoms with Gasteiger partial charge in [0.1, 0.15) is 5.82 Å². The summed E-state index contributed by atoms with van der Waals surface area (Å²) in [5.41, 5.74) is 0.502. The number of likely N-dealkylation sites (N-methyl/N-ethyl adjacent to an activating group) is 2. The molecule has 0 bridgehead atoms. The van der Waals surface area contributed by atoms with Crippen LogP contribution < -0.4 is 0 Å². The summed E-state index contributed by atoms with van der Waals surface area (Å²) >= 11 is 3.42. The predicted octanol–water partition coefficient (Wildman–Crippen LogP) is 2.68. The van der Waals surface area contributed by atoms with Gasteiger partial charge in [-0.15, -0.1) is 0 Å². The summed E-state index contributed by atoms with van der Waals surface area (Å²) < 4.78 is 15.0. The molecule has 1 aliphatic heterocycles. The summed E-state index contributed by atoms with van der Waals surface area (Å²) in [6.45, 7) is 4.94. The average Bonchev–Trinajstić information content (AvgIpc) is 2.27. The molecule has 0 spiro atoms. The Kier molecular flexibility index (Phi) is 3.57. The van der Waals surface area contributed by atoms with Gasteiger partial charge in [0, 0.05) is 29.7 Å². The van der Waals surface area contributed by atoms with Crippen LogP contribution in [0.3, 0.4) is 0 Å². The molecule has 0 N–H and O–H groups in total. The zero-order valence-corrected chi connectivity index (χ0v) is 12.1. The molecule has 94 valence electrons. The van der Waals surface area contributed by atoms with Crippen LogP contribution in [0.1, 0.15) is 12.5 Å². The van der Waals surface area contributed by atoms with Crippen LogP contribution in [0.5, 0.6) is 0 Å². The van der Waals surface area contributed by atoms with Gasteiger partial charge in [0.15, 0.2) is 0 Å². The minimum Gasteiger partial charge on any atom is -0.303 e. The summed E-state index contributed by atoms with van der Waals surface area (Å²) in [6, 6.07) is 5.17. The van der Waals surface area contributed by atoms with Gasteiger partial charge < -0.3 is 4.90 Å². The quantitative estimate of drug-likeness (QED) is 0.787. The molecule has 0 aliphatic carbocycles. The second-order valence-corrected chi connectivity index (χ2v) is 5.97. The molecule has 1 fully saturated rings. The number of piperazine rings is 1. The van der Waals surface area contributed by atoms with Crippen molar-refractivity contribution in [1.29, 1.82) is 0 Å². The molecule has 1 aliphatic rings. The Morgan fingerprint density at radius 2 is 2.00 bits per heavy atom. The fourth-order valence-corrected chi connectivity index (χ4v) is 2.85. The zero-order valence-electron chi connectivity index (χ0n) is 10.5. The van der Waals surface area contributed by atoms with E-state index in [2.05, 4.69) is 46.7 Å². The predicted molar refractivity (Wildman–Crippen MR) is 71.6 cm³/mol. The normalized spacial score (nSPS) is 27.4. The van der Waals surface area contributed by atoms with Gasteiger partial charge in [0.25, 0.3) is 0 Å². The third-order valence-electron chi connectivity index (χ3n) is 3.75. The highest BCUT2D eigenvalue weighted by Gasteiger charge is 2.37. The van der Waals surface area contributed by atoms with E-state index in [-0.39, 0.29) is 11.4 Å². The second-order valence-electron chi connectivity index (χ2n) is 5.06. The first kappa shape index (κ1) is 13.0. The summed E-state index contributed by atoms with van der Waals surface area (Å²) in [6.07, 6.45) is 0. The molecule has 17 heavy (non-hydrogen) atoms. The molecule has 0 aromatic heterocycles. The molecule has 0 saturated carbocycles. The lowest BCUT2D eigenvalue weighted by Crippen LogP contribution is -2.56. The third-order valence-corrected chi connectivity index (χ3v) is 4.24. The van der Waals surface area contributed by atoms with Crippen molar-refractivity contribution < 1.29 is 4.39 Å². The molecule has 1 aromatic carbocycles. The number of benzene rings is 1. The van der Waals surface area contributed by atoms with Crippen LogP contribution in [0.4, 0.5) is 4.39 Å². The van der Waals surface area contributed by atoms with Crippen LogP contribution in [0.2, 0.25) is 0 Å². The van der Waals surface area contributed by atoms with Crippen LogP contribution in [0, 0.1) is 5.82 Å². The van der Waals surface area contributed by atoms with E-state index in [0.717, 1.165) is 29.7 Å². The smallest absolute Gasteiger partial charge is 0.128 e. The molecule has 1 unspecified atom stereocenters. The van der Waals surface area contributed by atoms with E-state index < -0.39 is 0 Å². The van der Waals surface area contributed by atoms with Crippen molar-refractivity contribution in [3.63, 3.8) is 0 Å². The van der Waals surface area contributed by atoms with Crippen LogP contribution in [0.15, 0.2) is 22.7 Å².